The van der Waals surface area contributed by atoms with E-state index in [1.165, 1.54) is 29.9 Å². The normalized spacial score (nSPS) is 32.0. The van der Waals surface area contributed by atoms with Gasteiger partial charge in [-0.2, -0.15) is 13.2 Å². The van der Waals surface area contributed by atoms with Crippen molar-refractivity contribution >= 4 is 5.91 Å². The van der Waals surface area contributed by atoms with E-state index in [1.807, 2.05) is 6.07 Å². The summed E-state index contributed by atoms with van der Waals surface area (Å²) in [6, 6.07) is 7.55. The van der Waals surface area contributed by atoms with Gasteiger partial charge in [0.2, 0.25) is 0 Å². The predicted octanol–water partition coefficient (Wildman–Crippen LogP) is 3.85. The van der Waals surface area contributed by atoms with Crippen molar-refractivity contribution in [1.29, 1.82) is 0 Å². The minimum absolute atomic E-state index is 0.0760. The van der Waals surface area contributed by atoms with Crippen LogP contribution in [0.4, 0.5) is 13.2 Å². The van der Waals surface area contributed by atoms with Crippen LogP contribution in [0, 0.1) is 17.8 Å². The van der Waals surface area contributed by atoms with Gasteiger partial charge in [0.25, 0.3) is 5.91 Å². The third-order valence-electron chi connectivity index (χ3n) is 10.1. The Bertz CT molecular complexity index is 1440. The first-order valence-corrected chi connectivity index (χ1v) is 14.0. The highest BCUT2D eigenvalue weighted by Gasteiger charge is 2.72. The number of hydrogen-bond acceptors (Lipinski definition) is 5. The fraction of sp³-hybridized carbons (Fsp3) is 0.516. The molecule has 0 aromatic heterocycles. The van der Waals surface area contributed by atoms with Crippen molar-refractivity contribution in [2.75, 3.05) is 20.1 Å². The first-order chi connectivity index (χ1) is 19.0. The van der Waals surface area contributed by atoms with Crippen molar-refractivity contribution in [3.05, 3.63) is 58.7 Å². The summed E-state index contributed by atoms with van der Waals surface area (Å²) in [6.07, 6.45) is -0.198. The number of carbonyl (C=O) groups excluding carboxylic acids is 1. The lowest BCUT2D eigenvalue weighted by Crippen LogP contribution is -2.77. The number of hydrogen-bond donors (Lipinski definition) is 2. The average Bonchev–Trinajstić information content (AvgIpc) is 3.67. The zero-order valence-corrected chi connectivity index (χ0v) is 22.2. The number of phenolic OH excluding ortho intramolecular Hbond substituents is 1. The van der Waals surface area contributed by atoms with Gasteiger partial charge in [0, 0.05) is 49.1 Å². The Morgan fingerprint density at radius 1 is 1.20 bits per heavy atom. The Labute approximate surface area is 230 Å². The summed E-state index contributed by atoms with van der Waals surface area (Å²) in [5.74, 6) is 5.99. The molecular formula is C31H31F3N2O4. The van der Waals surface area contributed by atoms with Crippen molar-refractivity contribution in [2.45, 2.75) is 73.9 Å². The molecule has 2 saturated carbocycles. The topological polar surface area (TPSA) is 73.2 Å². The quantitative estimate of drug-likeness (QED) is 0.566. The van der Waals surface area contributed by atoms with E-state index in [0.29, 0.717) is 36.5 Å². The molecule has 1 spiro atoms. The highest BCUT2D eigenvalue weighted by molar-refractivity contribution is 5.94. The number of ether oxygens (including phenoxy) is 1. The second-order valence-corrected chi connectivity index (χ2v) is 12.2. The third-order valence-corrected chi connectivity index (χ3v) is 10.1. The van der Waals surface area contributed by atoms with Crippen LogP contribution < -0.4 is 4.74 Å². The summed E-state index contributed by atoms with van der Waals surface area (Å²) in [5, 5.41) is 23.4. The van der Waals surface area contributed by atoms with E-state index in [2.05, 4.69) is 16.7 Å². The number of halogens is 3. The number of piperidine rings is 1. The summed E-state index contributed by atoms with van der Waals surface area (Å²) >= 11 is 0. The lowest BCUT2D eigenvalue weighted by atomic mass is 9.48. The lowest BCUT2D eigenvalue weighted by molar-refractivity contribution is -0.198. The van der Waals surface area contributed by atoms with Gasteiger partial charge in [0.1, 0.15) is 6.10 Å². The first kappa shape index (κ1) is 25.7. The SMILES string of the molecule is CN(C(=O)C#Cc1ccc(C(F)(F)F)cc1)[C@@H]1C[C@@H]2Oc3c(O)ccc4c3[C@@]23CCN(CC2CC2)[C@H](C4)[C@]3(O)C1. The Morgan fingerprint density at radius 3 is 2.65 bits per heavy atom. The molecule has 2 N–H and O–H groups in total. The van der Waals surface area contributed by atoms with Gasteiger partial charge < -0.3 is 19.8 Å². The Hall–Kier alpha value is -3.22. The number of amides is 1. The lowest BCUT2D eigenvalue weighted by Gasteiger charge is -2.64. The molecule has 40 heavy (non-hydrogen) atoms. The predicted molar refractivity (Wildman–Crippen MR) is 140 cm³/mol. The van der Waals surface area contributed by atoms with Crippen LogP contribution >= 0.6 is 0 Å². The summed E-state index contributed by atoms with van der Waals surface area (Å²) in [5.41, 5.74) is -0.203. The molecule has 1 amide bonds. The smallest absolute Gasteiger partial charge is 0.416 e. The van der Waals surface area contributed by atoms with Crippen LogP contribution in [0.2, 0.25) is 0 Å². The van der Waals surface area contributed by atoms with E-state index < -0.39 is 34.8 Å². The average molecular weight is 553 g/mol. The molecule has 0 radical (unpaired) electrons. The molecule has 5 atom stereocenters. The van der Waals surface area contributed by atoms with Crippen molar-refractivity contribution in [1.82, 2.24) is 9.80 Å². The van der Waals surface area contributed by atoms with Crippen molar-refractivity contribution < 1.29 is 32.9 Å². The second kappa shape index (κ2) is 8.64. The van der Waals surface area contributed by atoms with E-state index in [-0.39, 0.29) is 17.8 Å². The molecule has 3 fully saturated rings. The third kappa shape index (κ3) is 3.68. The van der Waals surface area contributed by atoms with Gasteiger partial charge in [-0.25, -0.2) is 0 Å². The first-order valence-electron chi connectivity index (χ1n) is 14.0. The molecule has 2 aromatic carbocycles. The maximum atomic E-state index is 13.2. The van der Waals surface area contributed by atoms with E-state index in [0.717, 1.165) is 42.8 Å². The van der Waals surface area contributed by atoms with Gasteiger partial charge in [-0.05, 0) is 80.5 Å². The van der Waals surface area contributed by atoms with Crippen LogP contribution in [0.1, 0.15) is 54.4 Å². The molecule has 5 aliphatic rings. The van der Waals surface area contributed by atoms with Crippen LogP contribution in [0.25, 0.3) is 0 Å². The summed E-state index contributed by atoms with van der Waals surface area (Å²) < 4.78 is 45.1. The summed E-state index contributed by atoms with van der Waals surface area (Å²) in [6.45, 7) is 1.81. The molecule has 3 aliphatic carbocycles. The van der Waals surface area contributed by atoms with Gasteiger partial charge in [0.05, 0.1) is 16.6 Å². The van der Waals surface area contributed by atoms with Gasteiger partial charge in [-0.15, -0.1) is 0 Å². The van der Waals surface area contributed by atoms with Crippen LogP contribution in [-0.4, -0.2) is 69.8 Å². The monoisotopic (exact) mass is 552 g/mol. The number of aromatic hydroxyl groups is 1. The molecule has 2 heterocycles. The molecule has 1 saturated heterocycles. The molecule has 2 aromatic rings. The van der Waals surface area contributed by atoms with Gasteiger partial charge >= 0.3 is 6.18 Å². The zero-order valence-electron chi connectivity index (χ0n) is 22.2. The summed E-state index contributed by atoms with van der Waals surface area (Å²) in [7, 11) is 1.65. The summed E-state index contributed by atoms with van der Waals surface area (Å²) in [4.78, 5) is 17.1. The molecule has 9 heteroatoms. The maximum absolute atomic E-state index is 13.2. The maximum Gasteiger partial charge on any atom is 0.416 e. The number of aliphatic hydroxyl groups is 1. The minimum Gasteiger partial charge on any atom is -0.504 e. The number of carbonyl (C=O) groups is 1. The number of phenols is 1. The van der Waals surface area contributed by atoms with Crippen molar-refractivity contribution in [2.24, 2.45) is 5.92 Å². The van der Waals surface area contributed by atoms with E-state index >= 15 is 0 Å². The standard InChI is InChI=1S/C31H31F3N2O4/c1-35(26(38)11-6-18-4-8-21(9-5-18)31(32,33)34)22-15-25-29-12-13-36(17-19-2-3-19)24(30(29,39)16-22)14-20-7-10-23(37)28(40-25)27(20)29/h4-5,7-10,19,22,24-25,37,39H,2-3,12-17H2,1H3/t22-,24-,25+,29-,30-/m1/s1. The van der Waals surface area contributed by atoms with Crippen LogP contribution in [0.3, 0.4) is 0 Å². The Kier molecular flexibility index (Phi) is 5.56. The fourth-order valence-corrected chi connectivity index (χ4v) is 7.90. The largest absolute Gasteiger partial charge is 0.504 e. The highest BCUT2D eigenvalue weighted by Crippen LogP contribution is 2.65. The second-order valence-electron chi connectivity index (χ2n) is 12.2. The van der Waals surface area contributed by atoms with Gasteiger partial charge in [-0.3, -0.25) is 9.69 Å². The number of benzene rings is 2. The van der Waals surface area contributed by atoms with Crippen molar-refractivity contribution in [3.63, 3.8) is 0 Å². The van der Waals surface area contributed by atoms with Crippen LogP contribution in [0.5, 0.6) is 11.5 Å². The Morgan fingerprint density at radius 2 is 1.95 bits per heavy atom. The molecule has 210 valence electrons. The molecule has 0 unspecified atom stereocenters. The van der Waals surface area contributed by atoms with E-state index in [9.17, 15) is 28.2 Å². The van der Waals surface area contributed by atoms with Crippen LogP contribution in [-0.2, 0) is 22.8 Å². The van der Waals surface area contributed by atoms with E-state index in [1.54, 1.807) is 13.1 Å². The molecule has 2 bridgehead atoms. The number of rotatable bonds is 3. The number of alkyl halides is 3. The molecule has 2 aliphatic heterocycles. The van der Waals surface area contributed by atoms with Gasteiger partial charge in [-0.1, -0.05) is 12.0 Å². The van der Waals surface area contributed by atoms with Crippen LogP contribution in [0.15, 0.2) is 36.4 Å². The molecule has 6 nitrogen and oxygen atoms in total. The number of nitrogens with zero attached hydrogens (tertiary/aromatic N) is 2. The fourth-order valence-electron chi connectivity index (χ4n) is 7.90. The zero-order chi connectivity index (χ0) is 28.0. The highest BCUT2D eigenvalue weighted by atomic mass is 19.4. The van der Waals surface area contributed by atoms with Crippen molar-refractivity contribution in [3.8, 4) is 23.3 Å². The van der Waals surface area contributed by atoms with Gasteiger partial charge in [0.15, 0.2) is 11.5 Å². The molecular weight excluding hydrogens is 521 g/mol. The number of likely N-dealkylation sites (tertiary alicyclic amines) is 1. The van der Waals surface area contributed by atoms with E-state index in [4.69, 9.17) is 4.74 Å². The Balaban J connectivity index is 1.19. The molecule has 7 rings (SSSR count). The minimum atomic E-state index is -4.44.